The Kier molecular flexibility index (Phi) is 8.59. The Hall–Kier alpha value is -2.45. The van der Waals surface area contributed by atoms with Crippen molar-refractivity contribution in [1.29, 1.82) is 0 Å². The van der Waals surface area contributed by atoms with Crippen LogP contribution in [-0.2, 0) is 0 Å². The van der Waals surface area contributed by atoms with E-state index in [-0.39, 0.29) is 35.7 Å². The Morgan fingerprint density at radius 3 is 2.43 bits per heavy atom. The van der Waals surface area contributed by atoms with Crippen molar-refractivity contribution in [2.75, 3.05) is 13.1 Å². The number of nitrogens with one attached hydrogen (secondary N) is 1. The Bertz CT molecular complexity index is 751. The third kappa shape index (κ3) is 6.03. The first-order valence-corrected chi connectivity index (χ1v) is 8.67. The zero-order valence-corrected chi connectivity index (χ0v) is 15.8. The minimum absolute atomic E-state index is 0.0998. The van der Waals surface area contributed by atoms with Crippen LogP contribution in [0.4, 0.5) is 17.6 Å². The van der Waals surface area contributed by atoms with Gasteiger partial charge in [0.25, 0.3) is 0 Å². The Morgan fingerprint density at radius 1 is 1.32 bits per heavy atom. The number of nitrogens with zero attached hydrogens (tertiary/aromatic N) is 1. The van der Waals surface area contributed by atoms with Gasteiger partial charge in [-0.1, -0.05) is 31.9 Å². The lowest BCUT2D eigenvalue weighted by Gasteiger charge is -2.24. The van der Waals surface area contributed by atoms with E-state index in [1.54, 1.807) is 6.08 Å². The van der Waals surface area contributed by atoms with Gasteiger partial charge in [-0.15, -0.1) is 0 Å². The zero-order chi connectivity index (χ0) is 21.5. The van der Waals surface area contributed by atoms with Gasteiger partial charge in [0, 0.05) is 23.4 Å². The van der Waals surface area contributed by atoms with Gasteiger partial charge in [-0.05, 0) is 32.0 Å². The van der Waals surface area contributed by atoms with E-state index in [0.717, 1.165) is 0 Å². The van der Waals surface area contributed by atoms with E-state index < -0.39 is 24.0 Å². The number of pyridine rings is 1. The Labute approximate surface area is 162 Å². The third-order valence-corrected chi connectivity index (χ3v) is 4.05. The molecule has 0 spiro atoms. The summed E-state index contributed by atoms with van der Waals surface area (Å²) in [6, 6.07) is 0.897. The van der Waals surface area contributed by atoms with E-state index >= 15 is 0 Å². The molecule has 1 heterocycles. The molecule has 1 aromatic rings. The highest BCUT2D eigenvalue weighted by Gasteiger charge is 2.35. The molecular weight excluding hydrogens is 372 g/mol. The van der Waals surface area contributed by atoms with Crippen LogP contribution in [-0.4, -0.2) is 36.5 Å². The molecule has 0 saturated carbocycles. The summed E-state index contributed by atoms with van der Waals surface area (Å²) in [4.78, 5) is 4.04. The summed E-state index contributed by atoms with van der Waals surface area (Å²) in [6.45, 7) is 12.4. The van der Waals surface area contributed by atoms with Crippen LogP contribution in [0.3, 0.4) is 0 Å². The standard InChI is InChI=1S/C20H26F4N4/c1-5-16-17(14(4)27-18(8-10-26)13(3)21)11-15(7-6-9-25)28-19(16)12(2)20(22,23)24/h5-7,11,13,18,27H,1-2,4,8-10,25-26H2,3H3/b7-6+. The molecule has 0 aliphatic carbocycles. The average molecular weight is 398 g/mol. The fourth-order valence-electron chi connectivity index (χ4n) is 2.57. The Balaban J connectivity index is 3.54. The predicted octanol–water partition coefficient (Wildman–Crippen LogP) is 3.91. The van der Waals surface area contributed by atoms with E-state index in [4.69, 9.17) is 11.5 Å². The summed E-state index contributed by atoms with van der Waals surface area (Å²) in [5, 5.41) is 2.91. The average Bonchev–Trinajstić information content (AvgIpc) is 2.63. The van der Waals surface area contributed by atoms with Crippen molar-refractivity contribution < 1.29 is 17.6 Å². The van der Waals surface area contributed by atoms with Crippen molar-refractivity contribution in [3.8, 4) is 0 Å². The topological polar surface area (TPSA) is 77.0 Å². The van der Waals surface area contributed by atoms with Gasteiger partial charge in [0.1, 0.15) is 6.17 Å². The molecule has 8 heteroatoms. The summed E-state index contributed by atoms with van der Waals surface area (Å²) in [5.74, 6) is 0. The molecule has 1 rings (SSSR count). The van der Waals surface area contributed by atoms with Crippen LogP contribution < -0.4 is 16.8 Å². The van der Waals surface area contributed by atoms with Crippen molar-refractivity contribution in [1.82, 2.24) is 10.3 Å². The second-order valence-corrected chi connectivity index (χ2v) is 6.16. The lowest BCUT2D eigenvalue weighted by atomic mass is 9.97. The second-order valence-electron chi connectivity index (χ2n) is 6.16. The van der Waals surface area contributed by atoms with Crippen LogP contribution in [0.25, 0.3) is 23.4 Å². The van der Waals surface area contributed by atoms with Crippen molar-refractivity contribution in [3.05, 3.63) is 54.4 Å². The number of halogens is 4. The molecule has 0 radical (unpaired) electrons. The number of nitrogens with two attached hydrogens (primary N) is 2. The Morgan fingerprint density at radius 2 is 1.96 bits per heavy atom. The minimum atomic E-state index is -4.68. The van der Waals surface area contributed by atoms with E-state index in [0.29, 0.717) is 12.0 Å². The first-order valence-electron chi connectivity index (χ1n) is 8.67. The molecule has 2 atom stereocenters. The normalized spacial score (nSPS) is 14.0. The van der Waals surface area contributed by atoms with Crippen molar-refractivity contribution in [2.24, 2.45) is 11.5 Å². The van der Waals surface area contributed by atoms with E-state index in [1.165, 1.54) is 25.1 Å². The first kappa shape index (κ1) is 23.6. The van der Waals surface area contributed by atoms with Crippen molar-refractivity contribution in [2.45, 2.75) is 31.7 Å². The zero-order valence-electron chi connectivity index (χ0n) is 15.8. The number of allylic oxidation sites excluding steroid dienone is 1. The summed E-state index contributed by atoms with van der Waals surface area (Å²) < 4.78 is 53.7. The molecule has 1 aromatic heterocycles. The van der Waals surface area contributed by atoms with Gasteiger partial charge in [-0.2, -0.15) is 13.2 Å². The molecule has 0 saturated heterocycles. The fourth-order valence-corrected chi connectivity index (χ4v) is 2.57. The molecule has 0 aliphatic heterocycles. The second kappa shape index (κ2) is 10.2. The van der Waals surface area contributed by atoms with E-state index in [1.807, 2.05) is 0 Å². The predicted molar refractivity (Wildman–Crippen MR) is 108 cm³/mol. The minimum Gasteiger partial charge on any atom is -0.379 e. The summed E-state index contributed by atoms with van der Waals surface area (Å²) in [7, 11) is 0. The molecule has 0 fully saturated rings. The van der Waals surface area contributed by atoms with Crippen LogP contribution in [0, 0.1) is 0 Å². The highest BCUT2D eigenvalue weighted by atomic mass is 19.4. The van der Waals surface area contributed by atoms with Gasteiger partial charge < -0.3 is 16.8 Å². The van der Waals surface area contributed by atoms with Gasteiger partial charge in [-0.3, -0.25) is 0 Å². The SMILES string of the molecule is C=Cc1c(C(=C)NC(CCN)C(C)F)cc(/C=C/CN)nc1C(=C)C(F)(F)F. The first-order chi connectivity index (χ1) is 13.1. The smallest absolute Gasteiger partial charge is 0.379 e. The molecule has 0 aliphatic rings. The van der Waals surface area contributed by atoms with Crippen LogP contribution in [0.5, 0.6) is 0 Å². The van der Waals surface area contributed by atoms with Gasteiger partial charge in [0.2, 0.25) is 0 Å². The maximum atomic E-state index is 13.8. The molecule has 5 N–H and O–H groups in total. The highest BCUT2D eigenvalue weighted by Crippen LogP contribution is 2.36. The van der Waals surface area contributed by atoms with Crippen LogP contribution in [0.1, 0.15) is 35.9 Å². The molecule has 0 aromatic carbocycles. The van der Waals surface area contributed by atoms with Crippen LogP contribution >= 0.6 is 0 Å². The molecule has 154 valence electrons. The largest absolute Gasteiger partial charge is 0.417 e. The summed E-state index contributed by atoms with van der Waals surface area (Å²) in [5.41, 5.74) is 10.3. The van der Waals surface area contributed by atoms with Crippen LogP contribution in [0.15, 0.2) is 31.9 Å². The quantitative estimate of drug-likeness (QED) is 0.523. The number of rotatable bonds is 10. The lowest BCUT2D eigenvalue weighted by molar-refractivity contribution is -0.0689. The van der Waals surface area contributed by atoms with Gasteiger partial charge in [0.15, 0.2) is 0 Å². The maximum absolute atomic E-state index is 13.8. The number of hydrogen-bond donors (Lipinski definition) is 3. The van der Waals surface area contributed by atoms with E-state index in [2.05, 4.69) is 30.0 Å². The molecule has 0 amide bonds. The molecular formula is C20H26F4N4. The summed E-state index contributed by atoms with van der Waals surface area (Å²) in [6.07, 6.45) is -1.30. The molecule has 0 bridgehead atoms. The summed E-state index contributed by atoms with van der Waals surface area (Å²) >= 11 is 0. The number of aromatic nitrogens is 1. The number of hydrogen-bond acceptors (Lipinski definition) is 4. The highest BCUT2D eigenvalue weighted by molar-refractivity contribution is 5.82. The van der Waals surface area contributed by atoms with Crippen molar-refractivity contribution in [3.63, 3.8) is 0 Å². The molecule has 28 heavy (non-hydrogen) atoms. The molecule has 2 unspecified atom stereocenters. The van der Waals surface area contributed by atoms with Gasteiger partial charge in [0.05, 0.1) is 23.0 Å². The molecule has 4 nitrogen and oxygen atoms in total. The van der Waals surface area contributed by atoms with E-state index in [9.17, 15) is 17.6 Å². The van der Waals surface area contributed by atoms with Crippen LogP contribution in [0.2, 0.25) is 0 Å². The lowest BCUT2D eigenvalue weighted by Crippen LogP contribution is -2.36. The third-order valence-electron chi connectivity index (χ3n) is 4.05. The fraction of sp³-hybridized carbons (Fsp3) is 0.350. The number of alkyl halides is 4. The maximum Gasteiger partial charge on any atom is 0.417 e. The monoisotopic (exact) mass is 398 g/mol. The van der Waals surface area contributed by atoms with Gasteiger partial charge >= 0.3 is 6.18 Å². The van der Waals surface area contributed by atoms with Crippen molar-refractivity contribution >= 4 is 23.4 Å². The van der Waals surface area contributed by atoms with Gasteiger partial charge in [-0.25, -0.2) is 9.37 Å².